The summed E-state index contributed by atoms with van der Waals surface area (Å²) < 4.78 is 5.54. The Labute approximate surface area is 56.0 Å². The first-order valence-corrected chi connectivity index (χ1v) is 2.58. The third-order valence-corrected chi connectivity index (χ3v) is 1.04. The number of aromatic nitrogens is 1. The Morgan fingerprint density at radius 3 is 2.60 bits per heavy atom. The van der Waals surface area contributed by atoms with Gasteiger partial charge in [-0.05, 0) is 0 Å². The SMILES string of the molecule is Cn1oc(C(N)=O)cc1=O. The Kier molecular flexibility index (Phi) is 1.33. The third kappa shape index (κ3) is 0.928. The number of carbonyl (C=O) groups is 1. The van der Waals surface area contributed by atoms with Gasteiger partial charge in [-0.15, -0.1) is 0 Å². The zero-order chi connectivity index (χ0) is 7.72. The minimum Gasteiger partial charge on any atom is -0.371 e. The molecule has 5 heteroatoms. The van der Waals surface area contributed by atoms with Crippen LogP contribution in [0, 0.1) is 0 Å². The topological polar surface area (TPSA) is 78.2 Å². The summed E-state index contributed by atoms with van der Waals surface area (Å²) in [6.07, 6.45) is 0. The van der Waals surface area contributed by atoms with Crippen molar-refractivity contribution in [1.82, 2.24) is 4.74 Å². The van der Waals surface area contributed by atoms with E-state index in [1.54, 1.807) is 0 Å². The van der Waals surface area contributed by atoms with E-state index in [0.29, 0.717) is 0 Å². The van der Waals surface area contributed by atoms with Crippen LogP contribution in [0.15, 0.2) is 15.4 Å². The van der Waals surface area contributed by atoms with E-state index in [1.165, 1.54) is 7.05 Å². The number of amides is 1. The lowest BCUT2D eigenvalue weighted by Crippen LogP contribution is -2.09. The van der Waals surface area contributed by atoms with Crippen LogP contribution < -0.4 is 11.3 Å². The van der Waals surface area contributed by atoms with Crippen LogP contribution in [0.2, 0.25) is 0 Å². The molecule has 0 aliphatic carbocycles. The Bertz CT molecular complexity index is 309. The van der Waals surface area contributed by atoms with Crippen LogP contribution >= 0.6 is 0 Å². The van der Waals surface area contributed by atoms with E-state index in [9.17, 15) is 9.59 Å². The lowest BCUT2D eigenvalue weighted by Gasteiger charge is -1.84. The van der Waals surface area contributed by atoms with Gasteiger partial charge < -0.3 is 10.3 Å². The predicted octanol–water partition coefficient (Wildman–Crippen LogP) is -0.923. The number of nitrogens with two attached hydrogens (primary N) is 1. The number of rotatable bonds is 1. The molecule has 0 aromatic carbocycles. The molecule has 0 atom stereocenters. The van der Waals surface area contributed by atoms with Crippen LogP contribution in [0.4, 0.5) is 0 Å². The Balaban J connectivity index is 3.23. The molecule has 0 bridgehead atoms. The molecule has 0 spiro atoms. The van der Waals surface area contributed by atoms with Gasteiger partial charge in [0.1, 0.15) is 0 Å². The summed E-state index contributed by atoms with van der Waals surface area (Å²) >= 11 is 0. The van der Waals surface area contributed by atoms with Crippen molar-refractivity contribution >= 4 is 5.91 Å². The van der Waals surface area contributed by atoms with Gasteiger partial charge in [-0.2, -0.15) is 4.74 Å². The molecule has 1 rings (SSSR count). The number of primary amides is 1. The van der Waals surface area contributed by atoms with Crippen LogP contribution in [0.5, 0.6) is 0 Å². The van der Waals surface area contributed by atoms with Gasteiger partial charge in [0.2, 0.25) is 5.76 Å². The van der Waals surface area contributed by atoms with Gasteiger partial charge in [-0.25, -0.2) is 0 Å². The average Bonchev–Trinajstić information content (AvgIpc) is 2.13. The second-order valence-corrected chi connectivity index (χ2v) is 1.80. The van der Waals surface area contributed by atoms with Crippen molar-refractivity contribution in [2.45, 2.75) is 0 Å². The molecule has 1 aromatic heterocycles. The molecule has 1 amide bonds. The fraction of sp³-hybridized carbons (Fsp3) is 0.200. The van der Waals surface area contributed by atoms with Gasteiger partial charge in [0.15, 0.2) is 0 Å². The van der Waals surface area contributed by atoms with Crippen LogP contribution in [0.3, 0.4) is 0 Å². The van der Waals surface area contributed by atoms with Crippen molar-refractivity contribution in [3.05, 3.63) is 22.2 Å². The molecule has 2 N–H and O–H groups in total. The standard InChI is InChI=1S/C5H6N2O3/c1-7-4(8)2-3(10-7)5(6)9/h2H,1H3,(H2,6,9). The molecule has 0 unspecified atom stereocenters. The van der Waals surface area contributed by atoms with Crippen molar-refractivity contribution in [2.24, 2.45) is 12.8 Å². The largest absolute Gasteiger partial charge is 0.371 e. The molecule has 0 fully saturated rings. The molecule has 1 heterocycles. The quantitative estimate of drug-likeness (QED) is 0.550. The maximum Gasteiger partial charge on any atom is 0.287 e. The fourth-order valence-corrected chi connectivity index (χ4v) is 0.538. The van der Waals surface area contributed by atoms with Crippen LogP contribution in [0.25, 0.3) is 0 Å². The Morgan fingerprint density at radius 2 is 2.40 bits per heavy atom. The summed E-state index contributed by atoms with van der Waals surface area (Å²) in [5, 5.41) is 0. The number of nitrogens with zero attached hydrogens (tertiary/aromatic N) is 1. The molecule has 54 valence electrons. The molecule has 5 nitrogen and oxygen atoms in total. The molecular weight excluding hydrogens is 136 g/mol. The summed E-state index contributed by atoms with van der Waals surface area (Å²) in [5.74, 6) is -0.856. The molecular formula is C5H6N2O3. The van der Waals surface area contributed by atoms with Crippen LogP contribution in [-0.2, 0) is 7.05 Å². The molecule has 0 radical (unpaired) electrons. The summed E-state index contributed by atoms with van der Waals surface area (Å²) in [6, 6.07) is 1.04. The van der Waals surface area contributed by atoms with E-state index in [1.807, 2.05) is 0 Å². The first-order valence-electron chi connectivity index (χ1n) is 2.58. The second-order valence-electron chi connectivity index (χ2n) is 1.80. The highest BCUT2D eigenvalue weighted by atomic mass is 16.5. The molecule has 10 heavy (non-hydrogen) atoms. The van der Waals surface area contributed by atoms with Gasteiger partial charge in [-0.1, -0.05) is 0 Å². The number of hydrogen-bond acceptors (Lipinski definition) is 3. The lowest BCUT2D eigenvalue weighted by atomic mass is 10.4. The van der Waals surface area contributed by atoms with Gasteiger partial charge in [0.25, 0.3) is 11.5 Å². The zero-order valence-electron chi connectivity index (χ0n) is 5.33. The first-order chi connectivity index (χ1) is 4.61. The van der Waals surface area contributed by atoms with Crippen molar-refractivity contribution in [3.8, 4) is 0 Å². The smallest absolute Gasteiger partial charge is 0.287 e. The Morgan fingerprint density at radius 1 is 1.80 bits per heavy atom. The van der Waals surface area contributed by atoms with E-state index in [4.69, 9.17) is 5.73 Å². The Hall–Kier alpha value is -1.52. The van der Waals surface area contributed by atoms with E-state index >= 15 is 0 Å². The van der Waals surface area contributed by atoms with Crippen molar-refractivity contribution in [3.63, 3.8) is 0 Å². The summed E-state index contributed by atoms with van der Waals surface area (Å²) in [4.78, 5) is 20.9. The predicted molar refractivity (Wildman–Crippen MR) is 32.5 cm³/mol. The molecule has 0 aliphatic heterocycles. The number of hydrogen-bond donors (Lipinski definition) is 1. The first kappa shape index (κ1) is 6.60. The van der Waals surface area contributed by atoms with Gasteiger partial charge in [0, 0.05) is 7.05 Å². The van der Waals surface area contributed by atoms with E-state index in [2.05, 4.69) is 4.52 Å². The van der Waals surface area contributed by atoms with E-state index in [0.717, 1.165) is 10.8 Å². The highest BCUT2D eigenvalue weighted by Gasteiger charge is 2.07. The third-order valence-electron chi connectivity index (χ3n) is 1.04. The van der Waals surface area contributed by atoms with Crippen molar-refractivity contribution < 1.29 is 9.32 Å². The van der Waals surface area contributed by atoms with Crippen molar-refractivity contribution in [1.29, 1.82) is 0 Å². The molecule has 0 saturated heterocycles. The summed E-state index contributed by atoms with van der Waals surface area (Å²) in [6.45, 7) is 0. The van der Waals surface area contributed by atoms with Crippen LogP contribution in [-0.4, -0.2) is 10.6 Å². The monoisotopic (exact) mass is 142 g/mol. The summed E-state index contributed by atoms with van der Waals surface area (Å²) in [5.41, 5.74) is 4.43. The molecule has 0 aliphatic rings. The number of carbonyl (C=O) groups excluding carboxylic acids is 1. The van der Waals surface area contributed by atoms with Crippen LogP contribution in [0.1, 0.15) is 10.6 Å². The average molecular weight is 142 g/mol. The minimum absolute atomic E-state index is 0.118. The van der Waals surface area contributed by atoms with E-state index < -0.39 is 5.91 Å². The van der Waals surface area contributed by atoms with Gasteiger partial charge in [0.05, 0.1) is 6.07 Å². The second kappa shape index (κ2) is 2.02. The van der Waals surface area contributed by atoms with Gasteiger partial charge in [-0.3, -0.25) is 9.59 Å². The highest BCUT2D eigenvalue weighted by molar-refractivity contribution is 5.89. The maximum atomic E-state index is 10.6. The molecule has 0 saturated carbocycles. The lowest BCUT2D eigenvalue weighted by molar-refractivity contribution is 0.0952. The highest BCUT2D eigenvalue weighted by Crippen LogP contribution is 1.90. The number of aryl methyl sites for hydroxylation is 1. The minimum atomic E-state index is -0.738. The van der Waals surface area contributed by atoms with Crippen molar-refractivity contribution in [2.75, 3.05) is 0 Å². The summed E-state index contributed by atoms with van der Waals surface area (Å²) in [7, 11) is 1.40. The normalized spacial score (nSPS) is 9.70. The van der Waals surface area contributed by atoms with Gasteiger partial charge >= 0.3 is 0 Å². The zero-order valence-corrected chi connectivity index (χ0v) is 5.33. The maximum absolute atomic E-state index is 10.6. The fourth-order valence-electron chi connectivity index (χ4n) is 0.538. The van der Waals surface area contributed by atoms with E-state index in [-0.39, 0.29) is 11.3 Å². The molecule has 1 aromatic rings.